The van der Waals surface area contributed by atoms with Gasteiger partial charge in [0.25, 0.3) is 0 Å². The fourth-order valence-corrected chi connectivity index (χ4v) is 2.48. The van der Waals surface area contributed by atoms with Gasteiger partial charge >= 0.3 is 5.97 Å². The maximum atomic E-state index is 14.0. The molecule has 0 amide bonds. The third kappa shape index (κ3) is 5.08. The Morgan fingerprint density at radius 3 is 2.77 bits per heavy atom. The van der Waals surface area contributed by atoms with Crippen molar-refractivity contribution >= 4 is 23.3 Å². The lowest BCUT2D eigenvalue weighted by Crippen LogP contribution is -2.34. The molecule has 144 valence electrons. The van der Waals surface area contributed by atoms with Gasteiger partial charge in [-0.05, 0) is 40.7 Å². The van der Waals surface area contributed by atoms with Gasteiger partial charge in [-0.3, -0.25) is 0 Å². The van der Waals surface area contributed by atoms with Crippen molar-refractivity contribution in [3.05, 3.63) is 28.5 Å². The summed E-state index contributed by atoms with van der Waals surface area (Å²) in [7, 11) is 0. The molecule has 0 spiro atoms. The largest absolute Gasteiger partial charge is 0.478 e. The topological polar surface area (TPSA) is 66.3 Å². The third-order valence-electron chi connectivity index (χ3n) is 3.40. The molecule has 0 radical (unpaired) electrons. The van der Waals surface area contributed by atoms with Crippen molar-refractivity contribution in [2.45, 2.75) is 52.4 Å². The highest BCUT2D eigenvalue weighted by molar-refractivity contribution is 6.31. The quantitative estimate of drug-likeness (QED) is 0.696. The van der Waals surface area contributed by atoms with Crippen LogP contribution in [-0.4, -0.2) is 42.7 Å². The predicted octanol–water partition coefficient (Wildman–Crippen LogP) is 3.73. The molecule has 0 aromatic heterocycles. The second kappa shape index (κ2) is 8.22. The monoisotopic (exact) mass is 387 g/mol. The number of nitrogens with zero attached hydrogens (tertiary/aromatic N) is 1. The summed E-state index contributed by atoms with van der Waals surface area (Å²) in [4.78, 5) is 17.3. The van der Waals surface area contributed by atoms with Gasteiger partial charge in [0.2, 0.25) is 0 Å². The molecule has 2 rings (SSSR count). The van der Waals surface area contributed by atoms with Crippen LogP contribution in [0.4, 0.5) is 4.39 Å². The van der Waals surface area contributed by atoms with Crippen LogP contribution in [0.2, 0.25) is 5.02 Å². The molecule has 0 saturated heterocycles. The lowest BCUT2D eigenvalue weighted by Gasteiger charge is -2.23. The number of esters is 1. The van der Waals surface area contributed by atoms with Crippen molar-refractivity contribution in [1.29, 1.82) is 0 Å². The molecule has 0 fully saturated rings. The van der Waals surface area contributed by atoms with Crippen LogP contribution in [0.1, 0.15) is 40.2 Å². The number of rotatable bonds is 6. The Hall–Kier alpha value is -1.86. The van der Waals surface area contributed by atoms with E-state index in [1.54, 1.807) is 20.8 Å². The van der Waals surface area contributed by atoms with E-state index < -0.39 is 29.6 Å². The molecule has 0 N–H and O–H groups in total. The van der Waals surface area contributed by atoms with E-state index in [2.05, 4.69) is 5.16 Å². The predicted molar refractivity (Wildman–Crippen MR) is 95.2 cm³/mol. The van der Waals surface area contributed by atoms with Gasteiger partial charge in [0.05, 0.1) is 5.02 Å². The average Bonchev–Trinajstić information content (AvgIpc) is 2.97. The number of hydrogen-bond donors (Lipinski definition) is 0. The SMILES string of the molecule is CCO[C@@H]1CON=C1c1cc(Cl)c(F)cc1O[C@@H](C)C(=O)OC(C)(C)C. The smallest absolute Gasteiger partial charge is 0.347 e. The summed E-state index contributed by atoms with van der Waals surface area (Å²) in [5, 5.41) is 3.87. The van der Waals surface area contributed by atoms with E-state index in [9.17, 15) is 9.18 Å². The van der Waals surface area contributed by atoms with Crippen LogP contribution in [0.25, 0.3) is 0 Å². The molecule has 0 unspecified atom stereocenters. The zero-order valence-electron chi connectivity index (χ0n) is 15.5. The number of carbonyl (C=O) groups is 1. The number of benzene rings is 1. The lowest BCUT2D eigenvalue weighted by atomic mass is 10.0. The minimum atomic E-state index is -0.956. The molecule has 6 nitrogen and oxygen atoms in total. The van der Waals surface area contributed by atoms with E-state index in [-0.39, 0.29) is 17.4 Å². The molecule has 1 aliphatic rings. The zero-order valence-corrected chi connectivity index (χ0v) is 16.2. The normalized spacial score (nSPS) is 18.1. The van der Waals surface area contributed by atoms with Gasteiger partial charge < -0.3 is 19.0 Å². The van der Waals surface area contributed by atoms with Crippen molar-refractivity contribution in [3.8, 4) is 5.75 Å². The molecule has 8 heteroatoms. The van der Waals surface area contributed by atoms with Gasteiger partial charge in [-0.25, -0.2) is 9.18 Å². The number of halogens is 2. The summed E-state index contributed by atoms with van der Waals surface area (Å²) in [5.74, 6) is -1.13. The first-order chi connectivity index (χ1) is 12.1. The Balaban J connectivity index is 2.30. The minimum Gasteiger partial charge on any atom is -0.478 e. The standard InChI is InChI=1S/C18H23ClFNO5/c1-6-23-15-9-24-21-16(15)11-7-12(19)13(20)8-14(11)25-10(2)17(22)26-18(3,4)5/h7-8,10,15H,6,9H2,1-5H3/t10-,15+/m0/s1. The van der Waals surface area contributed by atoms with Gasteiger partial charge in [0.15, 0.2) is 6.10 Å². The van der Waals surface area contributed by atoms with E-state index in [1.807, 2.05) is 6.92 Å². The van der Waals surface area contributed by atoms with Gasteiger partial charge in [-0.1, -0.05) is 16.8 Å². The Kier molecular flexibility index (Phi) is 6.47. The molecular formula is C18H23ClFNO5. The van der Waals surface area contributed by atoms with Crippen LogP contribution in [0, 0.1) is 5.82 Å². The molecule has 1 aromatic rings. The highest BCUT2D eigenvalue weighted by Crippen LogP contribution is 2.30. The molecule has 0 saturated carbocycles. The van der Waals surface area contributed by atoms with Crippen molar-refractivity contribution in [1.82, 2.24) is 0 Å². The highest BCUT2D eigenvalue weighted by Gasteiger charge is 2.30. The van der Waals surface area contributed by atoms with Crippen molar-refractivity contribution in [2.24, 2.45) is 5.16 Å². The van der Waals surface area contributed by atoms with E-state index in [0.717, 1.165) is 6.07 Å². The first-order valence-electron chi connectivity index (χ1n) is 8.32. The lowest BCUT2D eigenvalue weighted by molar-refractivity contribution is -0.162. The molecule has 1 aromatic carbocycles. The van der Waals surface area contributed by atoms with Crippen LogP contribution in [0.5, 0.6) is 5.75 Å². The summed E-state index contributed by atoms with van der Waals surface area (Å²) in [6, 6.07) is 2.50. The van der Waals surface area contributed by atoms with E-state index in [4.69, 9.17) is 30.6 Å². The number of oxime groups is 1. The van der Waals surface area contributed by atoms with Crippen LogP contribution >= 0.6 is 11.6 Å². The fraction of sp³-hybridized carbons (Fsp3) is 0.556. The molecular weight excluding hydrogens is 365 g/mol. The van der Waals surface area contributed by atoms with Crippen molar-refractivity contribution in [2.75, 3.05) is 13.2 Å². The first-order valence-corrected chi connectivity index (χ1v) is 8.70. The molecule has 1 aliphatic heterocycles. The number of carbonyl (C=O) groups excluding carboxylic acids is 1. The van der Waals surface area contributed by atoms with Gasteiger partial charge in [0, 0.05) is 18.2 Å². The first kappa shape index (κ1) is 20.5. The Bertz CT molecular complexity index is 702. The zero-order chi connectivity index (χ0) is 19.5. The van der Waals surface area contributed by atoms with Crippen LogP contribution < -0.4 is 4.74 Å². The van der Waals surface area contributed by atoms with Gasteiger partial charge in [-0.15, -0.1) is 0 Å². The Morgan fingerprint density at radius 1 is 1.46 bits per heavy atom. The molecule has 2 atom stereocenters. The molecule has 0 bridgehead atoms. The summed E-state index contributed by atoms with van der Waals surface area (Å²) < 4.78 is 30.5. The Morgan fingerprint density at radius 2 is 2.15 bits per heavy atom. The average molecular weight is 388 g/mol. The maximum absolute atomic E-state index is 14.0. The maximum Gasteiger partial charge on any atom is 0.347 e. The van der Waals surface area contributed by atoms with Crippen LogP contribution in [0.3, 0.4) is 0 Å². The fourth-order valence-electron chi connectivity index (χ4n) is 2.31. The summed E-state index contributed by atoms with van der Waals surface area (Å²) >= 11 is 5.92. The van der Waals surface area contributed by atoms with Crippen LogP contribution in [-0.2, 0) is 19.1 Å². The second-order valence-electron chi connectivity index (χ2n) is 6.77. The number of ether oxygens (including phenoxy) is 3. The van der Waals surface area contributed by atoms with E-state index in [1.165, 1.54) is 13.0 Å². The third-order valence-corrected chi connectivity index (χ3v) is 3.69. The van der Waals surface area contributed by atoms with E-state index >= 15 is 0 Å². The van der Waals surface area contributed by atoms with Crippen molar-refractivity contribution in [3.63, 3.8) is 0 Å². The van der Waals surface area contributed by atoms with E-state index in [0.29, 0.717) is 17.9 Å². The van der Waals surface area contributed by atoms with Crippen LogP contribution in [0.15, 0.2) is 17.3 Å². The van der Waals surface area contributed by atoms with Crippen molar-refractivity contribution < 1.29 is 28.2 Å². The summed E-state index contributed by atoms with van der Waals surface area (Å²) in [6.45, 7) is 9.31. The number of hydrogen-bond acceptors (Lipinski definition) is 6. The summed E-state index contributed by atoms with van der Waals surface area (Å²) in [5.41, 5.74) is 0.176. The molecule has 1 heterocycles. The minimum absolute atomic E-state index is 0.0953. The highest BCUT2D eigenvalue weighted by atomic mass is 35.5. The summed E-state index contributed by atoms with van der Waals surface area (Å²) in [6.07, 6.45) is -1.39. The second-order valence-corrected chi connectivity index (χ2v) is 7.18. The molecule has 0 aliphatic carbocycles. The molecule has 26 heavy (non-hydrogen) atoms. The Labute approximate surface area is 157 Å². The van der Waals surface area contributed by atoms with Gasteiger partial charge in [0.1, 0.15) is 35.6 Å². The van der Waals surface area contributed by atoms with Gasteiger partial charge in [-0.2, -0.15) is 0 Å².